The number of amides is 1. The zero-order valence-corrected chi connectivity index (χ0v) is 7.97. The number of nitrogens with two attached hydrogens (primary N) is 1. The van der Waals surface area contributed by atoms with Crippen molar-refractivity contribution in [2.24, 2.45) is 5.73 Å². The number of carbonyl (C=O) groups excluding carboxylic acids is 1. The molecule has 1 unspecified atom stereocenters. The molecule has 5 heteroatoms. The van der Waals surface area contributed by atoms with Gasteiger partial charge >= 0.3 is 6.03 Å². The Hall–Kier alpha value is -1.36. The summed E-state index contributed by atoms with van der Waals surface area (Å²) >= 11 is 0. The van der Waals surface area contributed by atoms with E-state index in [9.17, 15) is 4.79 Å². The Balaban J connectivity index is 2.04. The fourth-order valence-corrected chi connectivity index (χ4v) is 1.72. The number of hydrogen-bond donors (Lipinski definition) is 1. The molecule has 1 aliphatic heterocycles. The molecule has 14 heavy (non-hydrogen) atoms. The monoisotopic (exact) mass is 194 g/mol. The summed E-state index contributed by atoms with van der Waals surface area (Å²) in [7, 11) is 0. The zero-order valence-electron chi connectivity index (χ0n) is 7.97. The molecule has 0 spiro atoms. The van der Waals surface area contributed by atoms with E-state index in [0.717, 1.165) is 19.4 Å². The second-order valence-corrected chi connectivity index (χ2v) is 3.60. The highest BCUT2D eigenvalue weighted by Crippen LogP contribution is 2.09. The van der Waals surface area contributed by atoms with E-state index < -0.39 is 0 Å². The first kappa shape index (κ1) is 9.21. The maximum absolute atomic E-state index is 11.8. The van der Waals surface area contributed by atoms with E-state index in [1.165, 1.54) is 10.9 Å². The first-order valence-corrected chi connectivity index (χ1v) is 4.80. The van der Waals surface area contributed by atoms with E-state index in [4.69, 9.17) is 5.73 Å². The smallest absolute Gasteiger partial charge is 0.326 e. The maximum Gasteiger partial charge on any atom is 0.329 e. The first-order valence-electron chi connectivity index (χ1n) is 4.80. The van der Waals surface area contributed by atoms with Crippen LogP contribution in [0.4, 0.5) is 4.79 Å². The first-order chi connectivity index (χ1) is 6.77. The highest BCUT2D eigenvalue weighted by Gasteiger charge is 2.21. The molecule has 1 amide bonds. The third-order valence-corrected chi connectivity index (χ3v) is 2.45. The van der Waals surface area contributed by atoms with E-state index in [1.54, 1.807) is 17.3 Å². The third kappa shape index (κ3) is 1.77. The SMILES string of the molecule is NC1CCCN(C(=O)n2ccnc2)C1. The molecular formula is C9H14N4O. The topological polar surface area (TPSA) is 64.2 Å². The van der Waals surface area contributed by atoms with Gasteiger partial charge in [-0.15, -0.1) is 0 Å². The van der Waals surface area contributed by atoms with Crippen molar-refractivity contribution in [2.45, 2.75) is 18.9 Å². The van der Waals surface area contributed by atoms with Gasteiger partial charge in [-0.25, -0.2) is 9.78 Å². The zero-order chi connectivity index (χ0) is 9.97. The highest BCUT2D eigenvalue weighted by molar-refractivity contribution is 5.76. The summed E-state index contributed by atoms with van der Waals surface area (Å²) in [5.41, 5.74) is 5.80. The molecule has 2 N–H and O–H groups in total. The van der Waals surface area contributed by atoms with Gasteiger partial charge in [-0.3, -0.25) is 4.57 Å². The summed E-state index contributed by atoms with van der Waals surface area (Å²) in [6, 6.07) is 0.0915. The van der Waals surface area contributed by atoms with Crippen molar-refractivity contribution in [1.29, 1.82) is 0 Å². The Labute approximate surface area is 82.5 Å². The number of imidazole rings is 1. The summed E-state index contributed by atoms with van der Waals surface area (Å²) in [6.07, 6.45) is 6.77. The second-order valence-electron chi connectivity index (χ2n) is 3.60. The molecule has 0 aliphatic carbocycles. The highest BCUT2D eigenvalue weighted by atomic mass is 16.2. The van der Waals surface area contributed by atoms with E-state index in [1.807, 2.05) is 0 Å². The molecule has 1 saturated heterocycles. The largest absolute Gasteiger partial charge is 0.329 e. The van der Waals surface area contributed by atoms with E-state index >= 15 is 0 Å². The predicted octanol–water partition coefficient (Wildman–Crippen LogP) is 0.274. The van der Waals surface area contributed by atoms with Crippen molar-refractivity contribution in [2.75, 3.05) is 13.1 Å². The fourth-order valence-electron chi connectivity index (χ4n) is 1.72. The van der Waals surface area contributed by atoms with Gasteiger partial charge in [-0.2, -0.15) is 0 Å². The van der Waals surface area contributed by atoms with E-state index in [2.05, 4.69) is 4.98 Å². The molecule has 1 aliphatic rings. The number of rotatable bonds is 0. The fraction of sp³-hybridized carbons (Fsp3) is 0.556. The minimum Gasteiger partial charge on any atom is -0.326 e. The van der Waals surface area contributed by atoms with Gasteiger partial charge in [0.15, 0.2) is 0 Å². The standard InChI is InChI=1S/C9H14N4O/c10-8-2-1-4-12(6-8)9(14)13-5-3-11-7-13/h3,5,7-8H,1-2,4,6,10H2. The van der Waals surface area contributed by atoms with Gasteiger partial charge in [0.05, 0.1) is 0 Å². The number of carbonyl (C=O) groups is 1. The molecule has 2 heterocycles. The van der Waals surface area contributed by atoms with E-state index in [-0.39, 0.29) is 12.1 Å². The predicted molar refractivity (Wildman–Crippen MR) is 51.8 cm³/mol. The van der Waals surface area contributed by atoms with Crippen molar-refractivity contribution in [1.82, 2.24) is 14.5 Å². The Morgan fingerprint density at radius 2 is 2.43 bits per heavy atom. The molecule has 1 atom stereocenters. The molecule has 0 bridgehead atoms. The molecule has 0 aromatic carbocycles. The number of likely N-dealkylation sites (tertiary alicyclic amines) is 1. The molecule has 0 radical (unpaired) electrons. The van der Waals surface area contributed by atoms with Gasteiger partial charge in [-0.1, -0.05) is 0 Å². The van der Waals surface area contributed by atoms with Crippen LogP contribution >= 0.6 is 0 Å². The van der Waals surface area contributed by atoms with Crippen molar-refractivity contribution in [3.63, 3.8) is 0 Å². The summed E-state index contributed by atoms with van der Waals surface area (Å²) < 4.78 is 1.48. The van der Waals surface area contributed by atoms with Crippen molar-refractivity contribution in [3.05, 3.63) is 18.7 Å². The summed E-state index contributed by atoms with van der Waals surface area (Å²) in [5, 5.41) is 0. The van der Waals surface area contributed by atoms with Crippen LogP contribution < -0.4 is 5.73 Å². The van der Waals surface area contributed by atoms with Crippen LogP contribution in [0.3, 0.4) is 0 Å². The van der Waals surface area contributed by atoms with Gasteiger partial charge in [0, 0.05) is 31.5 Å². The Morgan fingerprint density at radius 3 is 3.07 bits per heavy atom. The number of nitrogens with zero attached hydrogens (tertiary/aromatic N) is 3. The summed E-state index contributed by atoms with van der Waals surface area (Å²) in [4.78, 5) is 17.4. The Morgan fingerprint density at radius 1 is 1.57 bits per heavy atom. The van der Waals surface area contributed by atoms with E-state index in [0.29, 0.717) is 6.54 Å². The summed E-state index contributed by atoms with van der Waals surface area (Å²) in [5.74, 6) is 0. The van der Waals surface area contributed by atoms with Crippen LogP contribution in [0, 0.1) is 0 Å². The van der Waals surface area contributed by atoms with Gasteiger partial charge < -0.3 is 10.6 Å². The van der Waals surface area contributed by atoms with Crippen LogP contribution in [-0.2, 0) is 0 Å². The third-order valence-electron chi connectivity index (χ3n) is 2.45. The molecular weight excluding hydrogens is 180 g/mol. The van der Waals surface area contributed by atoms with Gasteiger partial charge in [0.1, 0.15) is 6.33 Å². The normalized spacial score (nSPS) is 22.4. The minimum atomic E-state index is -0.0300. The van der Waals surface area contributed by atoms with Crippen LogP contribution in [-0.4, -0.2) is 39.6 Å². The molecule has 1 fully saturated rings. The number of piperidine rings is 1. The lowest BCUT2D eigenvalue weighted by molar-refractivity contribution is 0.181. The summed E-state index contributed by atoms with van der Waals surface area (Å²) in [6.45, 7) is 1.45. The van der Waals surface area contributed by atoms with Gasteiger partial charge in [0.25, 0.3) is 0 Å². The Bertz CT molecular complexity index is 309. The lowest BCUT2D eigenvalue weighted by Gasteiger charge is -2.30. The second kappa shape index (κ2) is 3.79. The quantitative estimate of drug-likeness (QED) is 0.645. The minimum absolute atomic E-state index is 0.0300. The number of hydrogen-bond acceptors (Lipinski definition) is 3. The molecule has 1 aromatic rings. The maximum atomic E-state index is 11.8. The van der Waals surface area contributed by atoms with Crippen molar-refractivity contribution >= 4 is 6.03 Å². The van der Waals surface area contributed by atoms with Crippen LogP contribution in [0.25, 0.3) is 0 Å². The lowest BCUT2D eigenvalue weighted by Crippen LogP contribution is -2.46. The van der Waals surface area contributed by atoms with Crippen LogP contribution in [0.2, 0.25) is 0 Å². The van der Waals surface area contributed by atoms with Crippen LogP contribution in [0.5, 0.6) is 0 Å². The molecule has 0 saturated carbocycles. The van der Waals surface area contributed by atoms with Gasteiger partial charge in [0.2, 0.25) is 0 Å². The Kier molecular flexibility index (Phi) is 2.49. The van der Waals surface area contributed by atoms with Gasteiger partial charge in [-0.05, 0) is 12.8 Å². The van der Waals surface area contributed by atoms with Crippen molar-refractivity contribution < 1.29 is 4.79 Å². The molecule has 76 valence electrons. The average molecular weight is 194 g/mol. The average Bonchev–Trinajstić information content (AvgIpc) is 2.69. The molecule has 2 rings (SSSR count). The lowest BCUT2D eigenvalue weighted by atomic mass is 10.1. The molecule has 5 nitrogen and oxygen atoms in total. The van der Waals surface area contributed by atoms with Crippen molar-refractivity contribution in [3.8, 4) is 0 Å². The van der Waals surface area contributed by atoms with Crippen LogP contribution in [0.1, 0.15) is 12.8 Å². The number of aromatic nitrogens is 2. The van der Waals surface area contributed by atoms with Crippen LogP contribution in [0.15, 0.2) is 18.7 Å². The molecule has 1 aromatic heterocycles.